The summed E-state index contributed by atoms with van der Waals surface area (Å²) in [6.07, 6.45) is 0. The molecule has 1 saturated heterocycles. The standard InChI is InChI=1S/C14H14FN3O2/c1-8(2)12-13(19)18(14(20)17-12)7-10-4-3-9(6-16)5-11(10)15/h3-5,8,12H,7H2,1-2H3,(H,17,20). The quantitative estimate of drug-likeness (QED) is 0.854. The van der Waals surface area contributed by atoms with Gasteiger partial charge >= 0.3 is 6.03 Å². The molecular weight excluding hydrogens is 261 g/mol. The summed E-state index contributed by atoms with van der Waals surface area (Å²) in [4.78, 5) is 24.8. The topological polar surface area (TPSA) is 73.2 Å². The van der Waals surface area contributed by atoms with Crippen LogP contribution in [-0.2, 0) is 11.3 Å². The fourth-order valence-electron chi connectivity index (χ4n) is 2.06. The molecule has 1 unspecified atom stereocenters. The van der Waals surface area contributed by atoms with E-state index in [1.807, 2.05) is 19.9 Å². The summed E-state index contributed by atoms with van der Waals surface area (Å²) in [6.45, 7) is 3.52. The zero-order chi connectivity index (χ0) is 14.9. The van der Waals surface area contributed by atoms with Crippen LogP contribution in [0, 0.1) is 23.1 Å². The van der Waals surface area contributed by atoms with Crippen LogP contribution in [0.4, 0.5) is 9.18 Å². The van der Waals surface area contributed by atoms with Gasteiger partial charge in [0.25, 0.3) is 5.91 Å². The Bertz CT molecular complexity index is 607. The van der Waals surface area contributed by atoms with Crippen LogP contribution in [-0.4, -0.2) is 22.9 Å². The maximum absolute atomic E-state index is 13.8. The van der Waals surface area contributed by atoms with E-state index in [1.165, 1.54) is 12.1 Å². The van der Waals surface area contributed by atoms with Crippen molar-refractivity contribution in [2.45, 2.75) is 26.4 Å². The molecule has 6 heteroatoms. The molecule has 1 fully saturated rings. The van der Waals surface area contributed by atoms with Gasteiger partial charge < -0.3 is 5.32 Å². The summed E-state index contributed by atoms with van der Waals surface area (Å²) in [5, 5.41) is 11.2. The number of hydrogen-bond donors (Lipinski definition) is 1. The molecule has 0 bridgehead atoms. The van der Waals surface area contributed by atoms with Gasteiger partial charge in [-0.3, -0.25) is 9.69 Å². The third kappa shape index (κ3) is 2.48. The summed E-state index contributed by atoms with van der Waals surface area (Å²) >= 11 is 0. The lowest BCUT2D eigenvalue weighted by molar-refractivity contribution is -0.128. The monoisotopic (exact) mass is 275 g/mol. The minimum atomic E-state index is -0.599. The van der Waals surface area contributed by atoms with Gasteiger partial charge in [-0.2, -0.15) is 5.26 Å². The first-order chi connectivity index (χ1) is 9.43. The van der Waals surface area contributed by atoms with Crippen LogP contribution in [0.2, 0.25) is 0 Å². The molecule has 1 N–H and O–H groups in total. The third-order valence-electron chi connectivity index (χ3n) is 3.23. The zero-order valence-corrected chi connectivity index (χ0v) is 11.2. The lowest BCUT2D eigenvalue weighted by atomic mass is 10.0. The van der Waals surface area contributed by atoms with E-state index in [9.17, 15) is 14.0 Å². The molecule has 20 heavy (non-hydrogen) atoms. The van der Waals surface area contributed by atoms with E-state index in [-0.39, 0.29) is 29.5 Å². The van der Waals surface area contributed by atoms with Crippen molar-refractivity contribution in [1.82, 2.24) is 10.2 Å². The van der Waals surface area contributed by atoms with E-state index >= 15 is 0 Å². The first kappa shape index (κ1) is 14.0. The van der Waals surface area contributed by atoms with Gasteiger partial charge in [0.1, 0.15) is 11.9 Å². The van der Waals surface area contributed by atoms with Gasteiger partial charge in [0.15, 0.2) is 0 Å². The number of halogens is 1. The second-order valence-corrected chi connectivity index (χ2v) is 5.01. The van der Waals surface area contributed by atoms with Gasteiger partial charge in [-0.1, -0.05) is 19.9 Å². The number of imide groups is 1. The Hall–Kier alpha value is -2.42. The molecule has 1 aromatic rings. The van der Waals surface area contributed by atoms with Crippen molar-refractivity contribution in [2.24, 2.45) is 5.92 Å². The Labute approximate surface area is 116 Å². The van der Waals surface area contributed by atoms with Crippen LogP contribution in [0.5, 0.6) is 0 Å². The molecule has 1 aliphatic rings. The average Bonchev–Trinajstić information content (AvgIpc) is 2.68. The van der Waals surface area contributed by atoms with E-state index in [2.05, 4.69) is 5.32 Å². The van der Waals surface area contributed by atoms with Gasteiger partial charge in [-0.25, -0.2) is 9.18 Å². The number of nitriles is 1. The molecule has 104 valence electrons. The maximum atomic E-state index is 13.8. The molecule has 0 aromatic heterocycles. The number of urea groups is 1. The maximum Gasteiger partial charge on any atom is 0.325 e. The van der Waals surface area contributed by atoms with Crippen molar-refractivity contribution < 1.29 is 14.0 Å². The number of benzene rings is 1. The van der Waals surface area contributed by atoms with E-state index in [0.717, 1.165) is 11.0 Å². The highest BCUT2D eigenvalue weighted by molar-refractivity contribution is 6.04. The number of hydrogen-bond acceptors (Lipinski definition) is 3. The molecule has 1 aliphatic heterocycles. The highest BCUT2D eigenvalue weighted by Gasteiger charge is 2.39. The second kappa shape index (κ2) is 5.29. The fourth-order valence-corrected chi connectivity index (χ4v) is 2.06. The first-order valence-electron chi connectivity index (χ1n) is 6.24. The smallest absolute Gasteiger partial charge is 0.325 e. The van der Waals surface area contributed by atoms with Crippen LogP contribution < -0.4 is 5.32 Å². The highest BCUT2D eigenvalue weighted by atomic mass is 19.1. The van der Waals surface area contributed by atoms with Crippen molar-refractivity contribution in [3.8, 4) is 6.07 Å². The molecule has 1 heterocycles. The Kier molecular flexibility index (Phi) is 3.70. The number of carbonyl (C=O) groups is 2. The Morgan fingerprint density at radius 2 is 2.15 bits per heavy atom. The van der Waals surface area contributed by atoms with E-state index < -0.39 is 17.9 Å². The first-order valence-corrected chi connectivity index (χ1v) is 6.24. The van der Waals surface area contributed by atoms with E-state index in [1.54, 1.807) is 0 Å². The predicted molar refractivity (Wildman–Crippen MR) is 68.8 cm³/mol. The van der Waals surface area contributed by atoms with Crippen molar-refractivity contribution in [3.05, 3.63) is 35.1 Å². The molecule has 3 amide bonds. The van der Waals surface area contributed by atoms with Crippen LogP contribution >= 0.6 is 0 Å². The number of rotatable bonds is 3. The number of nitrogens with one attached hydrogen (secondary N) is 1. The van der Waals surface area contributed by atoms with Gasteiger partial charge in [0, 0.05) is 5.56 Å². The SMILES string of the molecule is CC(C)C1NC(=O)N(Cc2ccc(C#N)cc2F)C1=O. The molecule has 0 saturated carbocycles. The number of amides is 3. The lowest BCUT2D eigenvalue weighted by Crippen LogP contribution is -2.34. The van der Waals surface area contributed by atoms with E-state index in [0.29, 0.717) is 0 Å². The Morgan fingerprint density at radius 3 is 2.65 bits per heavy atom. The fraction of sp³-hybridized carbons (Fsp3) is 0.357. The normalized spacial score (nSPS) is 18.4. The average molecular weight is 275 g/mol. The minimum absolute atomic E-state index is 0.0257. The molecule has 0 spiro atoms. The Morgan fingerprint density at radius 1 is 1.45 bits per heavy atom. The van der Waals surface area contributed by atoms with Crippen LogP contribution in [0.25, 0.3) is 0 Å². The molecule has 2 rings (SSSR count). The van der Waals surface area contributed by atoms with Gasteiger partial charge in [0.2, 0.25) is 0 Å². The van der Waals surface area contributed by atoms with Gasteiger partial charge in [-0.15, -0.1) is 0 Å². The van der Waals surface area contributed by atoms with E-state index in [4.69, 9.17) is 5.26 Å². The van der Waals surface area contributed by atoms with Crippen LogP contribution in [0.3, 0.4) is 0 Å². The lowest BCUT2D eigenvalue weighted by Gasteiger charge is -2.15. The third-order valence-corrected chi connectivity index (χ3v) is 3.23. The van der Waals surface area contributed by atoms with Crippen molar-refractivity contribution in [1.29, 1.82) is 5.26 Å². The molecular formula is C14H14FN3O2. The summed E-state index contributed by atoms with van der Waals surface area (Å²) < 4.78 is 13.8. The second-order valence-electron chi connectivity index (χ2n) is 5.01. The van der Waals surface area contributed by atoms with Gasteiger partial charge in [-0.05, 0) is 18.1 Å². The van der Waals surface area contributed by atoms with Crippen molar-refractivity contribution >= 4 is 11.9 Å². The molecule has 1 atom stereocenters. The molecule has 0 aliphatic carbocycles. The number of nitrogens with zero attached hydrogens (tertiary/aromatic N) is 2. The summed E-state index contributed by atoms with van der Waals surface area (Å²) in [5.74, 6) is -0.978. The Balaban J connectivity index is 2.20. The zero-order valence-electron chi connectivity index (χ0n) is 11.2. The van der Waals surface area contributed by atoms with Crippen LogP contribution in [0.1, 0.15) is 25.0 Å². The highest BCUT2D eigenvalue weighted by Crippen LogP contribution is 2.18. The number of carbonyl (C=O) groups excluding carboxylic acids is 2. The largest absolute Gasteiger partial charge is 0.326 e. The predicted octanol–water partition coefficient (Wildman–Crippen LogP) is 1.77. The van der Waals surface area contributed by atoms with Crippen molar-refractivity contribution in [3.63, 3.8) is 0 Å². The molecule has 5 nitrogen and oxygen atoms in total. The van der Waals surface area contributed by atoms with Gasteiger partial charge in [0.05, 0.1) is 18.2 Å². The molecule has 0 radical (unpaired) electrons. The van der Waals surface area contributed by atoms with Crippen molar-refractivity contribution in [2.75, 3.05) is 0 Å². The summed E-state index contributed by atoms with van der Waals surface area (Å²) in [5.41, 5.74) is 0.403. The summed E-state index contributed by atoms with van der Waals surface area (Å²) in [6, 6.07) is 4.71. The molecule has 1 aromatic carbocycles. The minimum Gasteiger partial charge on any atom is -0.326 e. The summed E-state index contributed by atoms with van der Waals surface area (Å²) in [7, 11) is 0. The van der Waals surface area contributed by atoms with Crippen LogP contribution in [0.15, 0.2) is 18.2 Å².